The van der Waals surface area contributed by atoms with Crippen molar-refractivity contribution < 1.29 is 14.2 Å². The van der Waals surface area contributed by atoms with Crippen LogP contribution in [0.4, 0.5) is 0 Å². The number of nitrogens with zero attached hydrogens (tertiary/aromatic N) is 1. The molecule has 0 saturated carbocycles. The largest absolute Gasteiger partial charge is 0.492 e. The highest BCUT2D eigenvalue weighted by atomic mass is 16.5. The summed E-state index contributed by atoms with van der Waals surface area (Å²) in [5, 5.41) is 0. The molecule has 42 heavy (non-hydrogen) atoms. The summed E-state index contributed by atoms with van der Waals surface area (Å²) in [5.41, 5.74) is 4.90. The molecule has 0 fully saturated rings. The van der Waals surface area contributed by atoms with E-state index < -0.39 is 0 Å². The van der Waals surface area contributed by atoms with E-state index >= 15 is 0 Å². The van der Waals surface area contributed by atoms with Crippen LogP contribution in [-0.2, 0) is 6.61 Å². The van der Waals surface area contributed by atoms with Crippen molar-refractivity contribution in [3.8, 4) is 17.2 Å². The normalized spacial score (nSPS) is 16.1. The fourth-order valence-corrected chi connectivity index (χ4v) is 5.78. The first kappa shape index (κ1) is 29.7. The smallest absolute Gasteiger partial charge is 0.126 e. The quantitative estimate of drug-likeness (QED) is 0.145. The standard InChI is InChI=1S/C38H45NO3/c1-3-5-23-39(24-6-4-2)25-26-40-33-19-17-32(18-20-33)38-35-22-21-34(41-28-30-13-9-7-10-14-30)27-37(35)42-29-36(38)31-15-11-8-12-16-31/h7-22,27,36,38H,3-6,23-26,28-29H2,1-2H3. The zero-order valence-electron chi connectivity index (χ0n) is 25.2. The lowest BCUT2D eigenvalue weighted by Crippen LogP contribution is -2.30. The Bertz CT molecular complexity index is 1330. The first-order valence-corrected chi connectivity index (χ1v) is 15.7. The maximum atomic E-state index is 6.38. The summed E-state index contributed by atoms with van der Waals surface area (Å²) in [4.78, 5) is 2.54. The van der Waals surface area contributed by atoms with Gasteiger partial charge in [0.1, 0.15) is 30.5 Å². The molecule has 0 radical (unpaired) electrons. The van der Waals surface area contributed by atoms with Gasteiger partial charge < -0.3 is 14.2 Å². The van der Waals surface area contributed by atoms with Crippen LogP contribution in [0.15, 0.2) is 103 Å². The number of hydrogen-bond acceptors (Lipinski definition) is 4. The van der Waals surface area contributed by atoms with Crippen molar-refractivity contribution in [2.24, 2.45) is 0 Å². The molecule has 0 aromatic heterocycles. The van der Waals surface area contributed by atoms with Crippen LogP contribution in [-0.4, -0.2) is 37.7 Å². The van der Waals surface area contributed by atoms with Crippen LogP contribution in [0.25, 0.3) is 0 Å². The molecule has 0 spiro atoms. The fraction of sp³-hybridized carbons (Fsp3) is 0.368. The Labute approximate surface area is 252 Å². The minimum atomic E-state index is 0.173. The van der Waals surface area contributed by atoms with Gasteiger partial charge in [0.05, 0.1) is 6.61 Å². The van der Waals surface area contributed by atoms with Crippen molar-refractivity contribution in [1.29, 1.82) is 0 Å². The first-order valence-electron chi connectivity index (χ1n) is 15.7. The second kappa shape index (κ2) is 15.5. The molecule has 4 nitrogen and oxygen atoms in total. The number of rotatable bonds is 15. The molecule has 4 heteroatoms. The lowest BCUT2D eigenvalue weighted by atomic mass is 9.76. The number of ether oxygens (including phenoxy) is 3. The van der Waals surface area contributed by atoms with Gasteiger partial charge in [-0.2, -0.15) is 0 Å². The summed E-state index contributed by atoms with van der Waals surface area (Å²) in [6, 6.07) is 36.0. The number of benzene rings is 4. The zero-order chi connectivity index (χ0) is 29.0. The van der Waals surface area contributed by atoms with Gasteiger partial charge in [-0.3, -0.25) is 4.90 Å². The number of unbranched alkanes of at least 4 members (excludes halogenated alkanes) is 2. The third-order valence-corrected chi connectivity index (χ3v) is 8.19. The van der Waals surface area contributed by atoms with E-state index in [4.69, 9.17) is 14.2 Å². The van der Waals surface area contributed by atoms with Gasteiger partial charge in [-0.05, 0) is 60.8 Å². The molecular formula is C38H45NO3. The molecule has 4 aromatic rings. The van der Waals surface area contributed by atoms with Gasteiger partial charge in [0.15, 0.2) is 0 Å². The van der Waals surface area contributed by atoms with Crippen LogP contribution in [0.1, 0.15) is 73.6 Å². The van der Waals surface area contributed by atoms with Gasteiger partial charge in [-0.25, -0.2) is 0 Å². The highest BCUT2D eigenvalue weighted by Crippen LogP contribution is 2.47. The van der Waals surface area contributed by atoms with Crippen LogP contribution in [0, 0.1) is 0 Å². The Morgan fingerprint density at radius 3 is 2.05 bits per heavy atom. The molecule has 0 aliphatic carbocycles. The lowest BCUT2D eigenvalue weighted by molar-refractivity contribution is 0.204. The molecule has 4 aromatic carbocycles. The Morgan fingerprint density at radius 2 is 1.36 bits per heavy atom. The van der Waals surface area contributed by atoms with Crippen molar-refractivity contribution in [3.05, 3.63) is 125 Å². The minimum absolute atomic E-state index is 0.173. The van der Waals surface area contributed by atoms with E-state index in [2.05, 4.69) is 97.6 Å². The van der Waals surface area contributed by atoms with Gasteiger partial charge in [-0.1, -0.05) is 106 Å². The molecule has 0 N–H and O–H groups in total. The average Bonchev–Trinajstić information content (AvgIpc) is 3.05. The predicted molar refractivity (Wildman–Crippen MR) is 172 cm³/mol. The summed E-state index contributed by atoms with van der Waals surface area (Å²) in [5.74, 6) is 3.04. The summed E-state index contributed by atoms with van der Waals surface area (Å²) in [7, 11) is 0. The SMILES string of the molecule is CCCCN(CCCC)CCOc1ccc(C2c3ccc(OCc4ccccc4)cc3OCC2c2ccccc2)cc1. The van der Waals surface area contributed by atoms with E-state index in [1.165, 1.54) is 42.4 Å². The number of fused-ring (bicyclic) bond motifs is 1. The van der Waals surface area contributed by atoms with E-state index in [9.17, 15) is 0 Å². The molecule has 1 heterocycles. The van der Waals surface area contributed by atoms with Crippen LogP contribution < -0.4 is 14.2 Å². The van der Waals surface area contributed by atoms with Gasteiger partial charge in [-0.15, -0.1) is 0 Å². The first-order chi connectivity index (χ1) is 20.7. The van der Waals surface area contributed by atoms with Gasteiger partial charge >= 0.3 is 0 Å². The van der Waals surface area contributed by atoms with E-state index in [-0.39, 0.29) is 11.8 Å². The van der Waals surface area contributed by atoms with Crippen molar-refractivity contribution in [3.63, 3.8) is 0 Å². The Morgan fingerprint density at radius 1 is 0.690 bits per heavy atom. The maximum absolute atomic E-state index is 6.38. The lowest BCUT2D eigenvalue weighted by Gasteiger charge is -2.34. The van der Waals surface area contributed by atoms with Crippen LogP contribution in [0.2, 0.25) is 0 Å². The Balaban J connectivity index is 1.31. The van der Waals surface area contributed by atoms with E-state index in [0.717, 1.165) is 42.4 Å². The minimum Gasteiger partial charge on any atom is -0.492 e. The molecular weight excluding hydrogens is 518 g/mol. The van der Waals surface area contributed by atoms with Gasteiger partial charge in [0.25, 0.3) is 0 Å². The van der Waals surface area contributed by atoms with E-state index in [1.54, 1.807) is 0 Å². The molecule has 2 unspecified atom stereocenters. The number of hydrogen-bond donors (Lipinski definition) is 0. The third kappa shape index (κ3) is 7.95. The van der Waals surface area contributed by atoms with Gasteiger partial charge in [0, 0.05) is 30.0 Å². The predicted octanol–water partition coefficient (Wildman–Crippen LogP) is 8.85. The topological polar surface area (TPSA) is 30.9 Å². The van der Waals surface area contributed by atoms with Crippen molar-refractivity contribution in [2.45, 2.75) is 58.0 Å². The summed E-state index contributed by atoms with van der Waals surface area (Å²) in [6.45, 7) is 9.66. The van der Waals surface area contributed by atoms with Crippen molar-refractivity contribution >= 4 is 0 Å². The molecule has 0 bridgehead atoms. The van der Waals surface area contributed by atoms with Gasteiger partial charge in [0.2, 0.25) is 0 Å². The van der Waals surface area contributed by atoms with Crippen molar-refractivity contribution in [2.75, 3.05) is 32.8 Å². The highest BCUT2D eigenvalue weighted by molar-refractivity contribution is 5.51. The molecule has 5 rings (SSSR count). The molecule has 220 valence electrons. The highest BCUT2D eigenvalue weighted by Gasteiger charge is 2.33. The summed E-state index contributed by atoms with van der Waals surface area (Å²) < 4.78 is 18.7. The van der Waals surface area contributed by atoms with E-state index in [0.29, 0.717) is 19.8 Å². The Hall–Kier alpha value is -3.76. The molecule has 0 amide bonds. The maximum Gasteiger partial charge on any atom is 0.126 e. The van der Waals surface area contributed by atoms with Crippen molar-refractivity contribution in [1.82, 2.24) is 4.90 Å². The monoisotopic (exact) mass is 563 g/mol. The summed E-state index contributed by atoms with van der Waals surface area (Å²) >= 11 is 0. The molecule has 1 aliphatic rings. The molecule has 0 saturated heterocycles. The second-order valence-corrected chi connectivity index (χ2v) is 11.2. The second-order valence-electron chi connectivity index (χ2n) is 11.2. The van der Waals surface area contributed by atoms with Crippen LogP contribution >= 0.6 is 0 Å². The zero-order valence-corrected chi connectivity index (χ0v) is 25.2. The molecule has 1 aliphatic heterocycles. The third-order valence-electron chi connectivity index (χ3n) is 8.19. The average molecular weight is 564 g/mol. The fourth-order valence-electron chi connectivity index (χ4n) is 5.78. The summed E-state index contributed by atoms with van der Waals surface area (Å²) in [6.07, 6.45) is 4.95. The molecule has 2 atom stereocenters. The Kier molecular flexibility index (Phi) is 10.9. The van der Waals surface area contributed by atoms with Crippen LogP contribution in [0.5, 0.6) is 17.2 Å². The van der Waals surface area contributed by atoms with E-state index in [1.807, 2.05) is 24.3 Å². The van der Waals surface area contributed by atoms with Crippen LogP contribution in [0.3, 0.4) is 0 Å².